The van der Waals surface area contributed by atoms with Crippen LogP contribution in [-0.2, 0) is 22.2 Å². The van der Waals surface area contributed by atoms with Crippen LogP contribution in [-0.4, -0.2) is 53.9 Å². The fourth-order valence-electron chi connectivity index (χ4n) is 3.82. The van der Waals surface area contributed by atoms with Crippen LogP contribution >= 0.6 is 0 Å². The molecule has 6 nitrogen and oxygen atoms in total. The van der Waals surface area contributed by atoms with E-state index in [0.29, 0.717) is 38.4 Å². The molecule has 178 valence electrons. The number of rotatable bonds is 6. The fourth-order valence-corrected chi connectivity index (χ4v) is 3.82. The second kappa shape index (κ2) is 10.7. The van der Waals surface area contributed by atoms with Gasteiger partial charge in [0.25, 0.3) is 0 Å². The quantitative estimate of drug-likeness (QED) is 0.714. The molecule has 2 aromatic rings. The van der Waals surface area contributed by atoms with E-state index >= 15 is 0 Å². The van der Waals surface area contributed by atoms with E-state index in [4.69, 9.17) is 0 Å². The predicted molar refractivity (Wildman–Crippen MR) is 120 cm³/mol. The number of benzene rings is 1. The van der Waals surface area contributed by atoms with E-state index in [0.717, 1.165) is 17.8 Å². The van der Waals surface area contributed by atoms with Gasteiger partial charge < -0.3 is 15.1 Å². The van der Waals surface area contributed by atoms with Gasteiger partial charge in [-0.2, -0.15) is 13.2 Å². The second-order valence-corrected chi connectivity index (χ2v) is 8.52. The number of pyridine rings is 1. The molecule has 0 saturated carbocycles. The Balaban J connectivity index is 1.61. The van der Waals surface area contributed by atoms with E-state index in [-0.39, 0.29) is 24.2 Å². The van der Waals surface area contributed by atoms with E-state index in [9.17, 15) is 22.8 Å². The molecular formula is C24H29F3N4O2. The molecule has 2 heterocycles. The van der Waals surface area contributed by atoms with Crippen molar-refractivity contribution in [2.24, 2.45) is 5.92 Å². The maximum absolute atomic E-state index is 13.2. The summed E-state index contributed by atoms with van der Waals surface area (Å²) in [6.07, 6.45) is -2.74. The van der Waals surface area contributed by atoms with E-state index in [1.54, 1.807) is 4.90 Å². The molecule has 0 bridgehead atoms. The molecule has 2 amide bonds. The molecular weight excluding hydrogens is 433 g/mol. The van der Waals surface area contributed by atoms with Gasteiger partial charge in [0.15, 0.2) is 0 Å². The monoisotopic (exact) mass is 462 g/mol. The van der Waals surface area contributed by atoms with Crippen LogP contribution in [0.25, 0.3) is 0 Å². The van der Waals surface area contributed by atoms with Gasteiger partial charge in [-0.15, -0.1) is 0 Å². The molecule has 0 spiro atoms. The van der Waals surface area contributed by atoms with Crippen LogP contribution in [0.3, 0.4) is 0 Å². The lowest BCUT2D eigenvalue weighted by Gasteiger charge is -2.29. The van der Waals surface area contributed by atoms with E-state index in [1.165, 1.54) is 6.07 Å². The highest BCUT2D eigenvalue weighted by Crippen LogP contribution is 2.29. The lowest BCUT2D eigenvalue weighted by atomic mass is 10.0. The number of hydrogen-bond donors (Lipinski definition) is 1. The van der Waals surface area contributed by atoms with Crippen LogP contribution in [0.1, 0.15) is 31.4 Å². The lowest BCUT2D eigenvalue weighted by Crippen LogP contribution is -2.52. The van der Waals surface area contributed by atoms with Crippen LogP contribution < -0.4 is 10.2 Å². The average molecular weight is 463 g/mol. The number of amides is 2. The molecule has 1 saturated heterocycles. The highest BCUT2D eigenvalue weighted by molar-refractivity contribution is 5.88. The third-order valence-electron chi connectivity index (χ3n) is 5.66. The molecule has 1 aromatic carbocycles. The minimum Gasteiger partial charge on any atom is -0.355 e. The van der Waals surface area contributed by atoms with Gasteiger partial charge in [0.1, 0.15) is 11.9 Å². The Morgan fingerprint density at radius 1 is 1.03 bits per heavy atom. The highest BCUT2D eigenvalue weighted by Gasteiger charge is 2.32. The fraction of sp³-hybridized carbons (Fsp3) is 0.458. The zero-order chi connectivity index (χ0) is 24.0. The summed E-state index contributed by atoms with van der Waals surface area (Å²) in [6, 6.07) is 11.1. The second-order valence-electron chi connectivity index (χ2n) is 8.52. The summed E-state index contributed by atoms with van der Waals surface area (Å²) < 4.78 is 38.4. The molecule has 1 aliphatic heterocycles. The number of halogens is 3. The van der Waals surface area contributed by atoms with Crippen LogP contribution in [0.2, 0.25) is 0 Å². The third kappa shape index (κ3) is 6.69. The zero-order valence-electron chi connectivity index (χ0n) is 18.8. The van der Waals surface area contributed by atoms with Crippen molar-refractivity contribution < 1.29 is 22.8 Å². The summed E-state index contributed by atoms with van der Waals surface area (Å²) in [5.41, 5.74) is 0.0864. The summed E-state index contributed by atoms with van der Waals surface area (Å²) in [5.74, 6) is 0.00863. The first-order chi connectivity index (χ1) is 15.6. The summed E-state index contributed by atoms with van der Waals surface area (Å²) in [7, 11) is 0. The Morgan fingerprint density at radius 2 is 1.76 bits per heavy atom. The van der Waals surface area contributed by atoms with Crippen LogP contribution in [0.15, 0.2) is 48.7 Å². The first-order valence-corrected chi connectivity index (χ1v) is 11.1. The molecule has 1 aromatic heterocycles. The molecule has 0 radical (unpaired) electrons. The number of hydrogen-bond acceptors (Lipinski definition) is 4. The standard InChI is InChI=1S/C24H29F3N4O2/c1-17(2)22(29-21(32)15-18-7-4-3-5-8-18)23(33)31-12-6-11-30(13-14-31)20-10-9-19(16-28-20)24(25,26)27/h3-5,7-10,16-17,22H,6,11-15H2,1-2H3,(H,29,32)/t22-/m0/s1. The summed E-state index contributed by atoms with van der Waals surface area (Å²) in [5, 5.41) is 2.88. The van der Waals surface area contributed by atoms with Gasteiger partial charge in [-0.3, -0.25) is 9.59 Å². The van der Waals surface area contributed by atoms with E-state index in [2.05, 4.69) is 10.3 Å². The molecule has 9 heteroatoms. The number of carbonyl (C=O) groups is 2. The molecule has 0 aliphatic carbocycles. The van der Waals surface area contributed by atoms with Crippen LogP contribution in [0.4, 0.5) is 19.0 Å². The maximum atomic E-state index is 13.2. The molecule has 33 heavy (non-hydrogen) atoms. The minimum atomic E-state index is -4.43. The van der Waals surface area contributed by atoms with Gasteiger partial charge in [-0.05, 0) is 30.0 Å². The first kappa shape index (κ1) is 24.5. The minimum absolute atomic E-state index is 0.0897. The van der Waals surface area contributed by atoms with Gasteiger partial charge in [0.05, 0.1) is 12.0 Å². The van der Waals surface area contributed by atoms with Gasteiger partial charge in [0, 0.05) is 32.4 Å². The van der Waals surface area contributed by atoms with Crippen molar-refractivity contribution in [3.63, 3.8) is 0 Å². The molecule has 1 aliphatic rings. The van der Waals surface area contributed by atoms with Crippen LogP contribution in [0.5, 0.6) is 0 Å². The Kier molecular flexibility index (Phi) is 7.94. The zero-order valence-corrected chi connectivity index (χ0v) is 18.8. The molecule has 1 fully saturated rings. The summed E-state index contributed by atoms with van der Waals surface area (Å²) >= 11 is 0. The van der Waals surface area contributed by atoms with Gasteiger partial charge in [-0.25, -0.2) is 4.98 Å². The van der Waals surface area contributed by atoms with Crippen molar-refractivity contribution in [1.29, 1.82) is 0 Å². The highest BCUT2D eigenvalue weighted by atomic mass is 19.4. The van der Waals surface area contributed by atoms with Crippen molar-refractivity contribution in [3.05, 3.63) is 59.8 Å². The molecule has 1 atom stereocenters. The van der Waals surface area contributed by atoms with E-state index < -0.39 is 17.8 Å². The maximum Gasteiger partial charge on any atom is 0.417 e. The Morgan fingerprint density at radius 3 is 2.36 bits per heavy atom. The SMILES string of the molecule is CC(C)[C@H](NC(=O)Cc1ccccc1)C(=O)N1CCCN(c2ccc(C(F)(F)F)cn2)CC1. The number of aromatic nitrogens is 1. The largest absolute Gasteiger partial charge is 0.417 e. The van der Waals surface area contributed by atoms with Crippen LogP contribution in [0, 0.1) is 5.92 Å². The average Bonchev–Trinajstić information content (AvgIpc) is 3.03. The van der Waals surface area contributed by atoms with Crippen molar-refractivity contribution in [3.8, 4) is 0 Å². The van der Waals surface area contributed by atoms with Gasteiger partial charge >= 0.3 is 6.18 Å². The number of nitrogens with zero attached hydrogens (tertiary/aromatic N) is 3. The molecule has 0 unspecified atom stereocenters. The third-order valence-corrected chi connectivity index (χ3v) is 5.66. The Bertz CT molecular complexity index is 933. The lowest BCUT2D eigenvalue weighted by molar-refractivity contribution is -0.138. The van der Waals surface area contributed by atoms with Crippen molar-refractivity contribution in [2.75, 3.05) is 31.1 Å². The topological polar surface area (TPSA) is 65.5 Å². The number of nitrogens with one attached hydrogen (secondary N) is 1. The summed E-state index contributed by atoms with van der Waals surface area (Å²) in [4.78, 5) is 33.3. The first-order valence-electron chi connectivity index (χ1n) is 11.1. The van der Waals surface area contributed by atoms with Crippen molar-refractivity contribution in [1.82, 2.24) is 15.2 Å². The Hall–Kier alpha value is -3.10. The Labute approximate surface area is 191 Å². The summed E-state index contributed by atoms with van der Waals surface area (Å²) in [6.45, 7) is 5.72. The number of alkyl halides is 3. The molecule has 1 N–H and O–H groups in total. The van der Waals surface area contributed by atoms with Crippen molar-refractivity contribution >= 4 is 17.6 Å². The number of carbonyl (C=O) groups excluding carboxylic acids is 2. The van der Waals surface area contributed by atoms with E-state index in [1.807, 2.05) is 49.1 Å². The smallest absolute Gasteiger partial charge is 0.355 e. The predicted octanol–water partition coefficient (Wildman–Crippen LogP) is 3.52. The molecule has 3 rings (SSSR count). The van der Waals surface area contributed by atoms with Crippen molar-refractivity contribution in [2.45, 2.75) is 38.9 Å². The normalized spacial score (nSPS) is 15.8. The number of anilines is 1. The van der Waals surface area contributed by atoms with Gasteiger partial charge in [-0.1, -0.05) is 44.2 Å². The van der Waals surface area contributed by atoms with Gasteiger partial charge in [0.2, 0.25) is 11.8 Å².